The van der Waals surface area contributed by atoms with E-state index in [-0.39, 0.29) is 0 Å². The summed E-state index contributed by atoms with van der Waals surface area (Å²) >= 11 is 1.80. The molecule has 118 valence electrons. The average molecular weight is 308 g/mol. The van der Waals surface area contributed by atoms with E-state index in [1.165, 1.54) is 36.2 Å². The number of rotatable bonds is 5. The lowest BCUT2D eigenvalue weighted by Crippen LogP contribution is -2.48. The summed E-state index contributed by atoms with van der Waals surface area (Å²) in [4.78, 5) is 8.29. The zero-order chi connectivity index (χ0) is 15.1. The van der Waals surface area contributed by atoms with Gasteiger partial charge in [0.15, 0.2) is 5.96 Å². The van der Waals surface area contributed by atoms with Crippen LogP contribution in [0.15, 0.2) is 16.4 Å². The first-order valence-electron chi connectivity index (χ1n) is 7.96. The van der Waals surface area contributed by atoms with Crippen LogP contribution in [-0.2, 0) is 6.54 Å². The van der Waals surface area contributed by atoms with Gasteiger partial charge >= 0.3 is 0 Å². The molecule has 2 N–H and O–H groups in total. The highest BCUT2D eigenvalue weighted by atomic mass is 32.1. The molecule has 0 bridgehead atoms. The third-order valence-electron chi connectivity index (χ3n) is 4.27. The fourth-order valence-corrected chi connectivity index (χ4v) is 3.74. The zero-order valence-electron chi connectivity index (χ0n) is 13.5. The molecule has 1 aliphatic rings. The Labute approximate surface area is 132 Å². The van der Waals surface area contributed by atoms with Crippen molar-refractivity contribution < 1.29 is 0 Å². The van der Waals surface area contributed by atoms with E-state index in [0.717, 1.165) is 25.6 Å². The molecule has 1 aliphatic heterocycles. The molecular formula is C16H28N4S. The van der Waals surface area contributed by atoms with Crippen LogP contribution >= 0.6 is 11.3 Å². The topological polar surface area (TPSA) is 39.7 Å². The summed E-state index contributed by atoms with van der Waals surface area (Å²) < 4.78 is 0. The number of aliphatic imine (C=N–C) groups is 1. The summed E-state index contributed by atoms with van der Waals surface area (Å²) in [6.07, 6.45) is 3.99. The minimum atomic E-state index is 0.644. The van der Waals surface area contributed by atoms with E-state index in [1.54, 1.807) is 11.3 Å². The molecule has 21 heavy (non-hydrogen) atoms. The Kier molecular flexibility index (Phi) is 6.51. The average Bonchev–Trinajstić information content (AvgIpc) is 2.93. The van der Waals surface area contributed by atoms with Gasteiger partial charge in [-0.2, -0.15) is 0 Å². The minimum absolute atomic E-state index is 0.644. The van der Waals surface area contributed by atoms with Gasteiger partial charge in [0.1, 0.15) is 0 Å². The molecule has 1 unspecified atom stereocenters. The summed E-state index contributed by atoms with van der Waals surface area (Å²) in [5.74, 6) is 0.907. The number of nitrogens with one attached hydrogen (secondary N) is 2. The minimum Gasteiger partial charge on any atom is -0.355 e. The Morgan fingerprint density at radius 2 is 2.29 bits per heavy atom. The highest BCUT2D eigenvalue weighted by molar-refractivity contribution is 7.10. The number of likely N-dealkylation sites (tertiary alicyclic amines) is 1. The lowest BCUT2D eigenvalue weighted by atomic mass is 10.0. The van der Waals surface area contributed by atoms with Crippen LogP contribution in [0.25, 0.3) is 0 Å². The van der Waals surface area contributed by atoms with E-state index in [0.29, 0.717) is 6.04 Å². The van der Waals surface area contributed by atoms with Crippen molar-refractivity contribution in [3.8, 4) is 0 Å². The summed E-state index contributed by atoms with van der Waals surface area (Å²) in [5.41, 5.74) is 1.35. The predicted molar refractivity (Wildman–Crippen MR) is 92.1 cm³/mol. The van der Waals surface area contributed by atoms with Gasteiger partial charge in [-0.1, -0.05) is 13.3 Å². The van der Waals surface area contributed by atoms with Crippen LogP contribution in [-0.4, -0.2) is 43.6 Å². The molecule has 4 nitrogen and oxygen atoms in total. The molecule has 0 radical (unpaired) electrons. The van der Waals surface area contributed by atoms with Gasteiger partial charge in [0.25, 0.3) is 0 Å². The smallest absolute Gasteiger partial charge is 0.191 e. The molecule has 1 aromatic heterocycles. The second-order valence-corrected chi connectivity index (χ2v) is 6.61. The van der Waals surface area contributed by atoms with Crippen molar-refractivity contribution in [2.45, 2.75) is 45.7 Å². The van der Waals surface area contributed by atoms with Crippen molar-refractivity contribution >= 4 is 17.3 Å². The first-order chi connectivity index (χ1) is 10.2. The zero-order valence-corrected chi connectivity index (χ0v) is 14.3. The Morgan fingerprint density at radius 1 is 1.43 bits per heavy atom. The highest BCUT2D eigenvalue weighted by Crippen LogP contribution is 2.16. The molecule has 2 heterocycles. The third kappa shape index (κ3) is 4.71. The molecule has 5 heteroatoms. The van der Waals surface area contributed by atoms with E-state index in [9.17, 15) is 0 Å². The summed E-state index contributed by atoms with van der Waals surface area (Å²) in [7, 11) is 1.84. The van der Waals surface area contributed by atoms with E-state index >= 15 is 0 Å². The maximum absolute atomic E-state index is 4.33. The molecule has 0 aromatic carbocycles. The van der Waals surface area contributed by atoms with Crippen LogP contribution in [0.3, 0.4) is 0 Å². The molecule has 2 rings (SSSR count). The molecule has 0 amide bonds. The maximum atomic E-state index is 4.33. The van der Waals surface area contributed by atoms with Gasteiger partial charge in [-0.15, -0.1) is 11.3 Å². The van der Waals surface area contributed by atoms with E-state index in [2.05, 4.69) is 45.8 Å². The fraction of sp³-hybridized carbons (Fsp3) is 0.688. The number of hydrogen-bond donors (Lipinski definition) is 2. The van der Waals surface area contributed by atoms with Crippen molar-refractivity contribution in [3.05, 3.63) is 21.9 Å². The van der Waals surface area contributed by atoms with Gasteiger partial charge in [0.05, 0.1) is 6.54 Å². The second kappa shape index (κ2) is 8.39. The molecule has 0 spiro atoms. The molecule has 1 saturated heterocycles. The largest absolute Gasteiger partial charge is 0.355 e. The van der Waals surface area contributed by atoms with Gasteiger partial charge in [-0.3, -0.25) is 9.89 Å². The first-order valence-corrected chi connectivity index (χ1v) is 8.84. The Morgan fingerprint density at radius 3 is 2.95 bits per heavy atom. The van der Waals surface area contributed by atoms with E-state index < -0.39 is 0 Å². The number of guanidine groups is 1. The molecule has 1 fully saturated rings. The molecule has 0 saturated carbocycles. The van der Waals surface area contributed by atoms with Crippen molar-refractivity contribution in [1.29, 1.82) is 0 Å². The van der Waals surface area contributed by atoms with E-state index in [1.807, 2.05) is 7.05 Å². The summed E-state index contributed by atoms with van der Waals surface area (Å²) in [6, 6.07) is 2.81. The summed E-state index contributed by atoms with van der Waals surface area (Å²) in [5, 5.41) is 9.05. The van der Waals surface area contributed by atoms with Gasteiger partial charge in [0.2, 0.25) is 0 Å². The van der Waals surface area contributed by atoms with Gasteiger partial charge in [0, 0.05) is 24.5 Å². The predicted octanol–water partition coefficient (Wildman–Crippen LogP) is 2.60. The SMILES string of the molecule is CCN1CCCCC1CNC(=NC)NCc1sccc1C. The van der Waals surface area contributed by atoms with Crippen LogP contribution in [0, 0.1) is 6.92 Å². The summed E-state index contributed by atoms with van der Waals surface area (Å²) in [6.45, 7) is 8.63. The fourth-order valence-electron chi connectivity index (χ4n) is 2.89. The van der Waals surface area contributed by atoms with Crippen molar-refractivity contribution in [3.63, 3.8) is 0 Å². The lowest BCUT2D eigenvalue weighted by molar-refractivity contribution is 0.157. The lowest BCUT2D eigenvalue weighted by Gasteiger charge is -2.35. The van der Waals surface area contributed by atoms with Crippen molar-refractivity contribution in [1.82, 2.24) is 15.5 Å². The molecule has 1 aromatic rings. The second-order valence-electron chi connectivity index (χ2n) is 5.61. The monoisotopic (exact) mass is 308 g/mol. The maximum Gasteiger partial charge on any atom is 0.191 e. The molecule has 1 atom stereocenters. The van der Waals surface area contributed by atoms with Crippen LogP contribution in [0.1, 0.15) is 36.6 Å². The van der Waals surface area contributed by atoms with Gasteiger partial charge in [-0.05, 0) is 49.9 Å². The number of thiophene rings is 1. The van der Waals surface area contributed by atoms with Crippen LogP contribution in [0.5, 0.6) is 0 Å². The number of nitrogens with zero attached hydrogens (tertiary/aromatic N) is 2. The molecule has 0 aliphatic carbocycles. The Bertz CT molecular complexity index is 455. The standard InChI is InChI=1S/C16H28N4S/c1-4-20-9-6-5-7-14(20)11-18-16(17-3)19-12-15-13(2)8-10-21-15/h8,10,14H,4-7,9,11-12H2,1-3H3,(H2,17,18,19). The normalized spacial score (nSPS) is 20.5. The number of piperidine rings is 1. The Balaban J connectivity index is 1.78. The number of aryl methyl sites for hydroxylation is 1. The Hall–Kier alpha value is -1.07. The van der Waals surface area contributed by atoms with Crippen LogP contribution in [0.4, 0.5) is 0 Å². The van der Waals surface area contributed by atoms with Crippen LogP contribution in [0.2, 0.25) is 0 Å². The molecular weight excluding hydrogens is 280 g/mol. The number of likely N-dealkylation sites (N-methyl/N-ethyl adjacent to an activating group) is 1. The van der Waals surface area contributed by atoms with Crippen molar-refractivity contribution in [2.24, 2.45) is 4.99 Å². The van der Waals surface area contributed by atoms with E-state index in [4.69, 9.17) is 0 Å². The highest BCUT2D eigenvalue weighted by Gasteiger charge is 2.20. The quantitative estimate of drug-likeness (QED) is 0.649. The van der Waals surface area contributed by atoms with Crippen LogP contribution < -0.4 is 10.6 Å². The van der Waals surface area contributed by atoms with Crippen molar-refractivity contribution in [2.75, 3.05) is 26.7 Å². The first kappa shape index (κ1) is 16.3. The van der Waals surface area contributed by atoms with Gasteiger partial charge in [-0.25, -0.2) is 0 Å². The third-order valence-corrected chi connectivity index (χ3v) is 5.29. The van der Waals surface area contributed by atoms with Gasteiger partial charge < -0.3 is 10.6 Å². The number of hydrogen-bond acceptors (Lipinski definition) is 3.